The van der Waals surface area contributed by atoms with Gasteiger partial charge in [0.25, 0.3) is 0 Å². The summed E-state index contributed by atoms with van der Waals surface area (Å²) in [6.45, 7) is 0. The van der Waals surface area contributed by atoms with Gasteiger partial charge in [0.1, 0.15) is 0 Å². The van der Waals surface area contributed by atoms with E-state index in [0.717, 1.165) is 75.5 Å². The van der Waals surface area contributed by atoms with E-state index in [9.17, 15) is 0 Å². The van der Waals surface area contributed by atoms with E-state index >= 15 is 0 Å². The van der Waals surface area contributed by atoms with Crippen LogP contribution < -0.4 is 0 Å². The number of fused-ring (bicyclic) bond motifs is 3. The molecule has 0 amide bonds. The molecule has 2 aromatic heterocycles. The van der Waals surface area contributed by atoms with Crippen LogP contribution >= 0.6 is 31.9 Å². The summed E-state index contributed by atoms with van der Waals surface area (Å²) in [6, 6.07) is 46.5. The molecule has 0 aliphatic heterocycles. The van der Waals surface area contributed by atoms with E-state index in [1.807, 2.05) is 0 Å². The fourth-order valence-corrected chi connectivity index (χ4v) is 5.75. The van der Waals surface area contributed by atoms with Crippen LogP contribution in [-0.2, 0) is 0 Å². The van der Waals surface area contributed by atoms with E-state index in [1.54, 1.807) is 0 Å². The third-order valence-corrected chi connectivity index (χ3v) is 8.27. The van der Waals surface area contributed by atoms with Crippen LogP contribution in [0.2, 0.25) is 0 Å². The molecule has 2 heterocycles. The van der Waals surface area contributed by atoms with Gasteiger partial charge in [-0.2, -0.15) is 0 Å². The summed E-state index contributed by atoms with van der Waals surface area (Å²) in [5, 5.41) is 2.16. The van der Waals surface area contributed by atoms with Gasteiger partial charge in [-0.15, -0.1) is 0 Å². The molecular weight excluding hydrogens is 620 g/mol. The van der Waals surface area contributed by atoms with Crippen molar-refractivity contribution in [2.75, 3.05) is 0 Å². The Balaban J connectivity index is 1.60. The Bertz CT molecular complexity index is 1840. The predicted molar refractivity (Wildman–Crippen MR) is 174 cm³/mol. The molecule has 0 spiro atoms. The molecule has 0 unspecified atom stereocenters. The number of rotatable bonds is 4. The summed E-state index contributed by atoms with van der Waals surface area (Å²) >= 11 is 7.15. The van der Waals surface area contributed by atoms with Crippen molar-refractivity contribution in [2.45, 2.75) is 0 Å². The monoisotopic (exact) mass is 640 g/mol. The molecule has 0 radical (unpaired) electrons. The van der Waals surface area contributed by atoms with Gasteiger partial charge in [-0.25, -0.2) is 9.97 Å². The molecule has 40 heavy (non-hydrogen) atoms. The van der Waals surface area contributed by atoms with Crippen molar-refractivity contribution < 1.29 is 0 Å². The molecule has 0 saturated heterocycles. The van der Waals surface area contributed by atoms with Gasteiger partial charge in [-0.3, -0.25) is 0 Å². The second-order valence-corrected chi connectivity index (χ2v) is 11.5. The number of pyridine rings is 2. The van der Waals surface area contributed by atoms with Gasteiger partial charge >= 0.3 is 0 Å². The van der Waals surface area contributed by atoms with Crippen molar-refractivity contribution in [1.82, 2.24) is 9.97 Å². The van der Waals surface area contributed by atoms with E-state index in [0.29, 0.717) is 0 Å². The molecule has 5 aromatic carbocycles. The lowest BCUT2D eigenvalue weighted by Gasteiger charge is -2.15. The molecule has 0 N–H and O–H groups in total. The Morgan fingerprint density at radius 2 is 0.750 bits per heavy atom. The zero-order chi connectivity index (χ0) is 27.1. The number of hydrogen-bond donors (Lipinski definition) is 0. The maximum Gasteiger partial charge on any atom is 0.0978 e. The molecule has 7 rings (SSSR count). The lowest BCUT2D eigenvalue weighted by atomic mass is 9.94. The summed E-state index contributed by atoms with van der Waals surface area (Å²) in [4.78, 5) is 10.6. The third-order valence-electron chi connectivity index (χ3n) is 7.21. The fourth-order valence-electron chi connectivity index (χ4n) is 5.23. The third kappa shape index (κ3) is 4.64. The topological polar surface area (TPSA) is 25.8 Å². The summed E-state index contributed by atoms with van der Waals surface area (Å²) in [7, 11) is 0. The minimum Gasteiger partial charge on any atom is -0.245 e. The van der Waals surface area contributed by atoms with Gasteiger partial charge in [0.15, 0.2) is 0 Å². The highest BCUT2D eigenvalue weighted by atomic mass is 79.9. The summed E-state index contributed by atoms with van der Waals surface area (Å²) in [6.07, 6.45) is 0. The first-order chi connectivity index (χ1) is 19.6. The lowest BCUT2D eigenvalue weighted by molar-refractivity contribution is 1.36. The van der Waals surface area contributed by atoms with E-state index in [-0.39, 0.29) is 0 Å². The second-order valence-electron chi connectivity index (χ2n) is 9.71. The molecule has 2 nitrogen and oxygen atoms in total. The Labute approximate surface area is 249 Å². The maximum absolute atomic E-state index is 5.29. The quantitative estimate of drug-likeness (QED) is 0.179. The van der Waals surface area contributed by atoms with Crippen molar-refractivity contribution in [3.63, 3.8) is 0 Å². The molecule has 0 atom stereocenters. The van der Waals surface area contributed by atoms with E-state index in [1.165, 1.54) is 0 Å². The van der Waals surface area contributed by atoms with Crippen molar-refractivity contribution in [3.8, 4) is 44.8 Å². The molecule has 0 fully saturated rings. The van der Waals surface area contributed by atoms with Crippen LogP contribution in [0.15, 0.2) is 142 Å². The Morgan fingerprint density at radius 1 is 0.375 bits per heavy atom. The normalized spacial score (nSPS) is 11.2. The highest BCUT2D eigenvalue weighted by Gasteiger charge is 2.17. The number of nitrogens with zero attached hydrogens (tertiary/aromatic N) is 2. The molecule has 7 aromatic rings. The molecule has 0 bridgehead atoms. The number of aromatic nitrogens is 2. The standard InChI is InChI=1S/C36H22Br2N2/c37-27-15-11-25(12-16-27)33-21-31(23-7-3-1-4-8-23)29-19-20-30-32(24-9-5-2-6-10-24)22-34(40-36(30)35(29)39-33)26-13-17-28(38)18-14-26/h1-22H. The van der Waals surface area contributed by atoms with Crippen LogP contribution in [-0.4, -0.2) is 9.97 Å². The minimum absolute atomic E-state index is 0.896. The Kier molecular flexibility index (Phi) is 6.51. The zero-order valence-corrected chi connectivity index (χ0v) is 24.5. The van der Waals surface area contributed by atoms with Crippen molar-refractivity contribution in [3.05, 3.63) is 142 Å². The van der Waals surface area contributed by atoms with E-state index in [2.05, 4.69) is 165 Å². The van der Waals surface area contributed by atoms with Gasteiger partial charge in [-0.05, 0) is 58.7 Å². The summed E-state index contributed by atoms with van der Waals surface area (Å²) in [5.74, 6) is 0. The van der Waals surface area contributed by atoms with E-state index in [4.69, 9.17) is 9.97 Å². The number of hydrogen-bond acceptors (Lipinski definition) is 2. The van der Waals surface area contributed by atoms with Crippen molar-refractivity contribution >= 4 is 53.7 Å². The van der Waals surface area contributed by atoms with Crippen molar-refractivity contribution in [1.29, 1.82) is 0 Å². The molecular formula is C36H22Br2N2. The first-order valence-corrected chi connectivity index (χ1v) is 14.6. The van der Waals surface area contributed by atoms with Crippen LogP contribution in [0.25, 0.3) is 66.6 Å². The molecule has 190 valence electrons. The maximum atomic E-state index is 5.29. The van der Waals surface area contributed by atoms with Gasteiger partial charge in [0.05, 0.1) is 22.4 Å². The highest BCUT2D eigenvalue weighted by molar-refractivity contribution is 9.10. The lowest BCUT2D eigenvalue weighted by Crippen LogP contribution is -1.95. The van der Waals surface area contributed by atoms with Crippen LogP contribution in [0.1, 0.15) is 0 Å². The van der Waals surface area contributed by atoms with E-state index < -0.39 is 0 Å². The number of halogens is 2. The first kappa shape index (κ1) is 24.9. The van der Waals surface area contributed by atoms with Gasteiger partial charge in [0, 0.05) is 30.8 Å². The van der Waals surface area contributed by atoms with Crippen LogP contribution in [0.3, 0.4) is 0 Å². The Morgan fingerprint density at radius 3 is 1.12 bits per heavy atom. The average Bonchev–Trinajstić information content (AvgIpc) is 3.01. The van der Waals surface area contributed by atoms with Gasteiger partial charge < -0.3 is 0 Å². The Hall–Kier alpha value is -4.12. The number of benzene rings is 5. The largest absolute Gasteiger partial charge is 0.245 e. The first-order valence-electron chi connectivity index (χ1n) is 13.1. The predicted octanol–water partition coefficient (Wildman–Crippen LogP) is 11.0. The minimum atomic E-state index is 0.896. The van der Waals surface area contributed by atoms with Gasteiger partial charge in [0.2, 0.25) is 0 Å². The SMILES string of the molecule is Brc1ccc(-c2cc(-c3ccccc3)c3ccc4c(-c5ccccc5)cc(-c5ccc(Br)cc5)nc4c3n2)cc1. The molecule has 4 heteroatoms. The average molecular weight is 642 g/mol. The highest BCUT2D eigenvalue weighted by Crippen LogP contribution is 2.39. The van der Waals surface area contributed by atoms with Crippen molar-refractivity contribution in [2.24, 2.45) is 0 Å². The summed E-state index contributed by atoms with van der Waals surface area (Å²) in [5.41, 5.74) is 10.3. The molecule has 0 aliphatic rings. The molecule has 0 saturated carbocycles. The molecule has 0 aliphatic carbocycles. The van der Waals surface area contributed by atoms with Gasteiger partial charge in [-0.1, -0.05) is 129 Å². The zero-order valence-electron chi connectivity index (χ0n) is 21.4. The van der Waals surface area contributed by atoms with Crippen LogP contribution in [0.5, 0.6) is 0 Å². The van der Waals surface area contributed by atoms with Crippen LogP contribution in [0.4, 0.5) is 0 Å². The second kappa shape index (κ2) is 10.5. The fraction of sp³-hybridized carbons (Fsp3) is 0. The van der Waals surface area contributed by atoms with Crippen LogP contribution in [0, 0.1) is 0 Å². The smallest absolute Gasteiger partial charge is 0.0978 e. The summed E-state index contributed by atoms with van der Waals surface area (Å²) < 4.78 is 2.08.